The van der Waals surface area contributed by atoms with Crippen LogP contribution in [0.1, 0.15) is 23.9 Å². The first-order valence-electron chi connectivity index (χ1n) is 11.1. The van der Waals surface area contributed by atoms with E-state index in [-0.39, 0.29) is 0 Å². The minimum absolute atomic E-state index is 0.326. The fourth-order valence-corrected chi connectivity index (χ4v) is 4.23. The quantitative estimate of drug-likeness (QED) is 0.548. The number of allylic oxidation sites excluding steroid dienone is 1. The van der Waals surface area contributed by atoms with Crippen LogP contribution in [0.5, 0.6) is 5.75 Å². The summed E-state index contributed by atoms with van der Waals surface area (Å²) >= 11 is 0. The van der Waals surface area contributed by atoms with Gasteiger partial charge < -0.3 is 15.0 Å². The second-order valence-corrected chi connectivity index (χ2v) is 8.02. The average Bonchev–Trinajstić information content (AvgIpc) is 3.33. The number of nitrogens with two attached hydrogens (primary N) is 1. The molecule has 2 atom stereocenters. The molecule has 3 aromatic rings. The van der Waals surface area contributed by atoms with Crippen LogP contribution in [-0.4, -0.2) is 23.1 Å². The summed E-state index contributed by atoms with van der Waals surface area (Å²) < 4.78 is 7.67. The molecule has 170 valence electrons. The highest BCUT2D eigenvalue weighted by atomic mass is 16.5. The number of benzene rings is 2. The summed E-state index contributed by atoms with van der Waals surface area (Å²) in [5, 5.41) is 26.0. The highest BCUT2D eigenvalue weighted by Gasteiger charge is 2.37. The molecule has 0 bridgehead atoms. The highest BCUT2D eigenvalue weighted by molar-refractivity contribution is 6.11. The maximum atomic E-state index is 9.98. The van der Waals surface area contributed by atoms with Gasteiger partial charge >= 0.3 is 0 Å². The van der Waals surface area contributed by atoms with Gasteiger partial charge in [0.1, 0.15) is 23.9 Å². The second-order valence-electron chi connectivity index (χ2n) is 8.02. The molecule has 7 nitrogen and oxygen atoms in total. The zero-order valence-corrected chi connectivity index (χ0v) is 19.4. The Balaban J connectivity index is 1.72. The Morgan fingerprint density at radius 2 is 1.79 bits per heavy atom. The van der Waals surface area contributed by atoms with E-state index in [1.165, 1.54) is 0 Å². The first kappa shape index (κ1) is 22.8. The fourth-order valence-electron chi connectivity index (χ4n) is 4.23. The molecule has 0 aliphatic carbocycles. The molecule has 34 heavy (non-hydrogen) atoms. The van der Waals surface area contributed by atoms with Crippen LogP contribution in [0.4, 0.5) is 5.69 Å². The molecular weight excluding hydrogens is 424 g/mol. The van der Waals surface area contributed by atoms with E-state index < -0.39 is 12.1 Å². The molecule has 7 heteroatoms. The Bertz CT molecular complexity index is 1320. The monoisotopic (exact) mass is 450 g/mol. The van der Waals surface area contributed by atoms with Crippen molar-refractivity contribution in [3.63, 3.8) is 0 Å². The Morgan fingerprint density at radius 1 is 1.09 bits per heavy atom. The Labute approximate surface area is 199 Å². The van der Waals surface area contributed by atoms with Gasteiger partial charge in [-0.15, -0.1) is 0 Å². The molecule has 0 fully saturated rings. The number of nitrogens with zero attached hydrogens (tertiary/aromatic N) is 5. The van der Waals surface area contributed by atoms with Gasteiger partial charge in [0.05, 0.1) is 29.6 Å². The lowest BCUT2D eigenvalue weighted by Gasteiger charge is -2.21. The second kappa shape index (κ2) is 9.66. The first-order valence-corrected chi connectivity index (χ1v) is 11.1. The molecule has 1 aromatic heterocycles. The SMILES string of the molecule is CCOc1ccc(-n2c(C)cc(/C=C(/C#N)C3=NN(c4ccccc4)[C@@H](N)[C@H]3C#N)c2C)cc1. The first-order chi connectivity index (χ1) is 16.5. The largest absolute Gasteiger partial charge is 0.494 e. The van der Waals surface area contributed by atoms with Gasteiger partial charge in [0, 0.05) is 17.1 Å². The number of rotatable bonds is 6. The third-order valence-electron chi connectivity index (χ3n) is 5.87. The van der Waals surface area contributed by atoms with E-state index in [0.717, 1.165) is 34.1 Å². The zero-order valence-electron chi connectivity index (χ0n) is 19.4. The molecule has 1 aliphatic heterocycles. The molecule has 0 unspecified atom stereocenters. The van der Waals surface area contributed by atoms with Crippen molar-refractivity contribution in [1.82, 2.24) is 4.57 Å². The van der Waals surface area contributed by atoms with E-state index in [0.29, 0.717) is 17.9 Å². The minimum atomic E-state index is -0.722. The Kier molecular flexibility index (Phi) is 6.49. The van der Waals surface area contributed by atoms with Gasteiger partial charge in [-0.2, -0.15) is 15.6 Å². The van der Waals surface area contributed by atoms with Gasteiger partial charge in [-0.25, -0.2) is 5.01 Å². The summed E-state index contributed by atoms with van der Waals surface area (Å²) in [6.45, 7) is 6.60. The number of hydrogen-bond donors (Lipinski definition) is 1. The molecule has 2 heterocycles. The molecule has 2 aromatic carbocycles. The normalized spacial score (nSPS) is 17.8. The maximum absolute atomic E-state index is 9.98. The van der Waals surface area contributed by atoms with E-state index in [1.54, 1.807) is 11.1 Å². The van der Waals surface area contributed by atoms with Crippen molar-refractivity contribution in [3.05, 3.63) is 83.2 Å². The lowest BCUT2D eigenvalue weighted by atomic mass is 9.95. The van der Waals surface area contributed by atoms with Crippen LogP contribution in [-0.2, 0) is 0 Å². The summed E-state index contributed by atoms with van der Waals surface area (Å²) in [5.74, 6) is 0.0994. The van der Waals surface area contributed by atoms with Gasteiger partial charge in [-0.3, -0.25) is 0 Å². The summed E-state index contributed by atoms with van der Waals surface area (Å²) in [6.07, 6.45) is 1.12. The van der Waals surface area contributed by atoms with Crippen molar-refractivity contribution in [1.29, 1.82) is 10.5 Å². The minimum Gasteiger partial charge on any atom is -0.494 e. The number of ether oxygens (including phenoxy) is 1. The number of hydrazone groups is 1. The standard InChI is InChI=1S/C27H26N6O/c1-4-34-24-12-10-22(11-13-24)32-18(2)14-20(19(32)3)15-21(16-28)26-25(17-29)27(30)33(31-26)23-8-6-5-7-9-23/h5-15,25,27H,4,30H2,1-3H3/b21-15-/t25-,27+/m0/s1. The van der Waals surface area contributed by atoms with Crippen molar-refractivity contribution in [2.45, 2.75) is 26.9 Å². The van der Waals surface area contributed by atoms with Crippen molar-refractivity contribution in [2.24, 2.45) is 16.8 Å². The average molecular weight is 451 g/mol. The summed E-state index contributed by atoms with van der Waals surface area (Å²) in [6, 6.07) is 23.8. The molecule has 4 rings (SSSR count). The highest BCUT2D eigenvalue weighted by Crippen LogP contribution is 2.30. The maximum Gasteiger partial charge on any atom is 0.127 e. The van der Waals surface area contributed by atoms with Crippen molar-refractivity contribution >= 4 is 17.5 Å². The number of aromatic nitrogens is 1. The predicted octanol–water partition coefficient (Wildman–Crippen LogP) is 4.70. The van der Waals surface area contributed by atoms with Gasteiger partial charge in [0.2, 0.25) is 0 Å². The van der Waals surface area contributed by atoms with E-state index >= 15 is 0 Å². The molecule has 0 spiro atoms. The topological polar surface area (TPSA) is 103 Å². The molecule has 0 amide bonds. The van der Waals surface area contributed by atoms with Crippen LogP contribution in [0.2, 0.25) is 0 Å². The van der Waals surface area contributed by atoms with E-state index in [4.69, 9.17) is 10.5 Å². The number of para-hydroxylation sites is 1. The van der Waals surface area contributed by atoms with Crippen LogP contribution in [0.15, 0.2) is 71.3 Å². The number of anilines is 1. The lowest BCUT2D eigenvalue weighted by molar-refractivity contribution is 0.340. The molecular formula is C27H26N6O. The van der Waals surface area contributed by atoms with Crippen molar-refractivity contribution < 1.29 is 4.74 Å². The summed E-state index contributed by atoms with van der Waals surface area (Å²) in [4.78, 5) is 0. The van der Waals surface area contributed by atoms with Crippen LogP contribution in [0, 0.1) is 42.4 Å². The van der Waals surface area contributed by atoms with Crippen LogP contribution in [0.3, 0.4) is 0 Å². The van der Waals surface area contributed by atoms with E-state index in [1.807, 2.05) is 81.4 Å². The lowest BCUT2D eigenvalue weighted by Crippen LogP contribution is -2.40. The fraction of sp³-hybridized carbons (Fsp3) is 0.222. The number of hydrogen-bond acceptors (Lipinski definition) is 6. The van der Waals surface area contributed by atoms with Crippen LogP contribution >= 0.6 is 0 Å². The molecule has 0 radical (unpaired) electrons. The summed E-state index contributed by atoms with van der Waals surface area (Å²) in [7, 11) is 0. The van der Waals surface area contributed by atoms with Gasteiger partial charge in [-0.1, -0.05) is 18.2 Å². The molecule has 0 saturated carbocycles. The Hall–Kier alpha value is -4.33. The van der Waals surface area contributed by atoms with Crippen LogP contribution in [0.25, 0.3) is 11.8 Å². The van der Waals surface area contributed by atoms with E-state index in [9.17, 15) is 10.5 Å². The summed E-state index contributed by atoms with van der Waals surface area (Å²) in [5.41, 5.74) is 11.7. The smallest absolute Gasteiger partial charge is 0.127 e. The molecule has 1 aliphatic rings. The molecule has 2 N–H and O–H groups in total. The molecule has 0 saturated heterocycles. The van der Waals surface area contributed by atoms with Gasteiger partial charge in [0.15, 0.2) is 0 Å². The third kappa shape index (κ3) is 4.17. The van der Waals surface area contributed by atoms with Gasteiger partial charge in [0.25, 0.3) is 0 Å². The number of aryl methyl sites for hydroxylation is 1. The van der Waals surface area contributed by atoms with Gasteiger partial charge in [-0.05, 0) is 74.9 Å². The zero-order chi connectivity index (χ0) is 24.2. The number of nitriles is 2. The van der Waals surface area contributed by atoms with E-state index in [2.05, 4.69) is 21.8 Å². The van der Waals surface area contributed by atoms with Crippen LogP contribution < -0.4 is 15.5 Å². The Morgan fingerprint density at radius 3 is 2.41 bits per heavy atom. The predicted molar refractivity (Wildman–Crippen MR) is 133 cm³/mol. The van der Waals surface area contributed by atoms with Crippen molar-refractivity contribution in [3.8, 4) is 23.6 Å². The third-order valence-corrected chi connectivity index (χ3v) is 5.87. The van der Waals surface area contributed by atoms with Crippen molar-refractivity contribution in [2.75, 3.05) is 11.6 Å².